The molecule has 0 saturated heterocycles. The average molecular weight is 302 g/mol. The first-order valence-corrected chi connectivity index (χ1v) is 7.78. The lowest BCUT2D eigenvalue weighted by atomic mass is 10.2. The normalized spacial score (nSPS) is 12.2. The van der Waals surface area contributed by atoms with Gasteiger partial charge in [0.15, 0.2) is 9.84 Å². The number of amides is 1. The van der Waals surface area contributed by atoms with E-state index >= 15 is 0 Å². The highest BCUT2D eigenvalue weighted by molar-refractivity contribution is 7.92. The van der Waals surface area contributed by atoms with Crippen molar-refractivity contribution in [1.29, 1.82) is 0 Å². The van der Waals surface area contributed by atoms with E-state index in [-0.39, 0.29) is 18.8 Å². The van der Waals surface area contributed by atoms with Crippen LogP contribution in [-0.4, -0.2) is 47.5 Å². The standard InChI is InChI=1S/C12H18N2O5S/c1-12(2,20(3,18)19)8-13-10(15)7-14-6-4-5-9(14)11(16)17/h4-6H,7-8H2,1-3H3,(H,13,15)(H,16,17). The topological polar surface area (TPSA) is 105 Å². The molecule has 0 saturated carbocycles. The first-order valence-electron chi connectivity index (χ1n) is 5.89. The maximum atomic E-state index is 11.7. The monoisotopic (exact) mass is 302 g/mol. The van der Waals surface area contributed by atoms with Crippen molar-refractivity contribution in [1.82, 2.24) is 9.88 Å². The summed E-state index contributed by atoms with van der Waals surface area (Å²) >= 11 is 0. The molecule has 1 rings (SSSR count). The van der Waals surface area contributed by atoms with Gasteiger partial charge in [0.2, 0.25) is 5.91 Å². The molecule has 0 aliphatic rings. The SMILES string of the molecule is CC(C)(CNC(=O)Cn1cccc1C(=O)O)S(C)(=O)=O. The maximum Gasteiger partial charge on any atom is 0.352 e. The fourth-order valence-corrected chi connectivity index (χ4v) is 1.73. The lowest BCUT2D eigenvalue weighted by molar-refractivity contribution is -0.121. The van der Waals surface area contributed by atoms with E-state index in [0.29, 0.717) is 0 Å². The van der Waals surface area contributed by atoms with Crippen molar-refractivity contribution in [2.24, 2.45) is 0 Å². The second-order valence-electron chi connectivity index (χ2n) is 5.14. The Morgan fingerprint density at radius 3 is 2.50 bits per heavy atom. The summed E-state index contributed by atoms with van der Waals surface area (Å²) in [6.07, 6.45) is 2.58. The molecule has 0 spiro atoms. The summed E-state index contributed by atoms with van der Waals surface area (Å²) in [4.78, 5) is 22.6. The molecule has 0 aromatic carbocycles. The largest absolute Gasteiger partial charge is 0.477 e. The number of rotatable bonds is 6. The summed E-state index contributed by atoms with van der Waals surface area (Å²) in [5, 5.41) is 11.4. The molecule has 0 bridgehead atoms. The zero-order valence-corrected chi connectivity index (χ0v) is 12.4. The van der Waals surface area contributed by atoms with E-state index in [2.05, 4.69) is 5.32 Å². The van der Waals surface area contributed by atoms with Crippen molar-refractivity contribution >= 4 is 21.7 Å². The van der Waals surface area contributed by atoms with Crippen molar-refractivity contribution in [3.63, 3.8) is 0 Å². The number of carboxylic acids is 1. The number of aromatic carboxylic acids is 1. The van der Waals surface area contributed by atoms with Gasteiger partial charge in [-0.2, -0.15) is 0 Å². The first-order chi connectivity index (χ1) is 9.04. The van der Waals surface area contributed by atoms with E-state index in [1.54, 1.807) is 0 Å². The van der Waals surface area contributed by atoms with Crippen molar-refractivity contribution in [2.75, 3.05) is 12.8 Å². The Balaban J connectivity index is 2.66. The number of carbonyl (C=O) groups excluding carboxylic acids is 1. The van der Waals surface area contributed by atoms with Gasteiger partial charge in [0, 0.05) is 19.0 Å². The van der Waals surface area contributed by atoms with E-state index in [1.165, 1.54) is 36.7 Å². The quantitative estimate of drug-likeness (QED) is 0.777. The van der Waals surface area contributed by atoms with Crippen LogP contribution in [0.2, 0.25) is 0 Å². The van der Waals surface area contributed by atoms with Gasteiger partial charge in [0.1, 0.15) is 12.2 Å². The Morgan fingerprint density at radius 1 is 1.40 bits per heavy atom. The Morgan fingerprint density at radius 2 is 2.00 bits per heavy atom. The predicted molar refractivity (Wildman–Crippen MR) is 73.3 cm³/mol. The third-order valence-electron chi connectivity index (χ3n) is 3.08. The minimum atomic E-state index is -3.30. The zero-order chi connectivity index (χ0) is 15.6. The van der Waals surface area contributed by atoms with Crippen LogP contribution in [0.25, 0.3) is 0 Å². The summed E-state index contributed by atoms with van der Waals surface area (Å²) in [6, 6.07) is 2.91. The van der Waals surface area contributed by atoms with Gasteiger partial charge >= 0.3 is 5.97 Å². The highest BCUT2D eigenvalue weighted by Gasteiger charge is 2.30. The fraction of sp³-hybridized carbons (Fsp3) is 0.500. The van der Waals surface area contributed by atoms with Gasteiger partial charge in [0.25, 0.3) is 0 Å². The zero-order valence-electron chi connectivity index (χ0n) is 11.6. The van der Waals surface area contributed by atoms with Crippen LogP contribution in [0.4, 0.5) is 0 Å². The Bertz CT molecular complexity index is 616. The van der Waals surface area contributed by atoms with E-state index in [9.17, 15) is 18.0 Å². The van der Waals surface area contributed by atoms with Crippen molar-refractivity contribution in [2.45, 2.75) is 25.1 Å². The molecule has 8 heteroatoms. The molecule has 0 aliphatic heterocycles. The van der Waals surface area contributed by atoms with E-state index < -0.39 is 26.5 Å². The van der Waals surface area contributed by atoms with E-state index in [1.807, 2.05) is 0 Å². The second kappa shape index (κ2) is 5.66. The number of hydrogen-bond acceptors (Lipinski definition) is 4. The molecule has 0 atom stereocenters. The molecule has 1 aromatic rings. The van der Waals surface area contributed by atoms with Crippen LogP contribution in [0.3, 0.4) is 0 Å². The number of carbonyl (C=O) groups is 2. The Kier molecular flexibility index (Phi) is 4.59. The number of carboxylic acid groups (broad SMARTS) is 1. The lowest BCUT2D eigenvalue weighted by Gasteiger charge is -2.22. The molecule has 1 amide bonds. The highest BCUT2D eigenvalue weighted by Crippen LogP contribution is 2.13. The van der Waals surface area contributed by atoms with Gasteiger partial charge < -0.3 is 15.0 Å². The van der Waals surface area contributed by atoms with Crippen molar-refractivity contribution in [3.05, 3.63) is 24.0 Å². The molecule has 7 nitrogen and oxygen atoms in total. The number of hydrogen-bond donors (Lipinski definition) is 2. The van der Waals surface area contributed by atoms with Crippen LogP contribution in [-0.2, 0) is 21.2 Å². The summed E-state index contributed by atoms with van der Waals surface area (Å²) in [5.41, 5.74) is 0.00234. The predicted octanol–water partition coefficient (Wildman–Crippen LogP) is 0.126. The Hall–Kier alpha value is -1.83. The number of aromatic nitrogens is 1. The summed E-state index contributed by atoms with van der Waals surface area (Å²) < 4.78 is 23.2. The molecule has 112 valence electrons. The lowest BCUT2D eigenvalue weighted by Crippen LogP contribution is -2.44. The van der Waals surface area contributed by atoms with Crippen LogP contribution in [0.15, 0.2) is 18.3 Å². The molecule has 0 fully saturated rings. The average Bonchev–Trinajstić information content (AvgIpc) is 2.73. The molecular weight excluding hydrogens is 284 g/mol. The van der Waals surface area contributed by atoms with Crippen LogP contribution >= 0.6 is 0 Å². The number of nitrogens with one attached hydrogen (secondary N) is 1. The maximum absolute atomic E-state index is 11.7. The first kappa shape index (κ1) is 16.2. The third kappa shape index (κ3) is 3.83. The number of sulfone groups is 1. The molecular formula is C12H18N2O5S. The molecule has 0 unspecified atom stereocenters. The van der Waals surface area contributed by atoms with Gasteiger partial charge in [-0.25, -0.2) is 13.2 Å². The van der Waals surface area contributed by atoms with Gasteiger partial charge in [-0.1, -0.05) is 0 Å². The van der Waals surface area contributed by atoms with Crippen LogP contribution < -0.4 is 5.32 Å². The summed E-state index contributed by atoms with van der Waals surface area (Å²) in [7, 11) is -3.30. The summed E-state index contributed by atoms with van der Waals surface area (Å²) in [5.74, 6) is -1.57. The smallest absolute Gasteiger partial charge is 0.352 e. The van der Waals surface area contributed by atoms with Gasteiger partial charge in [0.05, 0.1) is 4.75 Å². The van der Waals surface area contributed by atoms with E-state index in [4.69, 9.17) is 5.11 Å². The minimum Gasteiger partial charge on any atom is -0.477 e. The minimum absolute atomic E-state index is 0.00234. The molecule has 1 heterocycles. The van der Waals surface area contributed by atoms with Gasteiger partial charge in [-0.05, 0) is 26.0 Å². The Labute approximate surface area is 117 Å². The molecule has 2 N–H and O–H groups in total. The van der Waals surface area contributed by atoms with Crippen LogP contribution in [0.5, 0.6) is 0 Å². The molecule has 20 heavy (non-hydrogen) atoms. The van der Waals surface area contributed by atoms with Crippen LogP contribution in [0.1, 0.15) is 24.3 Å². The van der Waals surface area contributed by atoms with Crippen molar-refractivity contribution in [3.8, 4) is 0 Å². The van der Waals surface area contributed by atoms with Gasteiger partial charge in [-0.15, -0.1) is 0 Å². The molecule has 0 radical (unpaired) electrons. The fourth-order valence-electron chi connectivity index (χ4n) is 1.40. The van der Waals surface area contributed by atoms with Crippen molar-refractivity contribution < 1.29 is 23.1 Å². The summed E-state index contributed by atoms with van der Waals surface area (Å²) in [6.45, 7) is 2.82. The van der Waals surface area contributed by atoms with Gasteiger partial charge in [-0.3, -0.25) is 4.79 Å². The molecule has 0 aliphatic carbocycles. The second-order valence-corrected chi connectivity index (χ2v) is 7.78. The highest BCUT2D eigenvalue weighted by atomic mass is 32.2. The number of nitrogens with zero attached hydrogens (tertiary/aromatic N) is 1. The molecule has 1 aromatic heterocycles. The third-order valence-corrected chi connectivity index (χ3v) is 5.23. The van der Waals surface area contributed by atoms with E-state index in [0.717, 1.165) is 6.26 Å². The van der Waals surface area contributed by atoms with Crippen LogP contribution in [0, 0.1) is 0 Å².